The van der Waals surface area contributed by atoms with Gasteiger partial charge in [0.1, 0.15) is 12.2 Å². The van der Waals surface area contributed by atoms with Crippen LogP contribution in [0.4, 0.5) is 0 Å². The molecule has 1 aromatic rings. The summed E-state index contributed by atoms with van der Waals surface area (Å²) in [6, 6.07) is 2.69. The van der Waals surface area contributed by atoms with Crippen LogP contribution in [0.5, 0.6) is 11.5 Å². The number of carbonyl (C=O) groups excluding carboxylic acids is 2. The maximum absolute atomic E-state index is 13.6. The highest BCUT2D eigenvalue weighted by atomic mass is 16.5. The van der Waals surface area contributed by atoms with Gasteiger partial charge in [-0.3, -0.25) is 9.59 Å². The molecule has 2 amide bonds. The summed E-state index contributed by atoms with van der Waals surface area (Å²) in [5.41, 5.74) is 1.62. The molecule has 4 unspecified atom stereocenters. The minimum atomic E-state index is -1.08. The van der Waals surface area contributed by atoms with Crippen LogP contribution in [0.25, 0.3) is 0 Å². The summed E-state index contributed by atoms with van der Waals surface area (Å²) in [5.74, 6) is -0.0508. The SMILES string of the molecule is COc1cc(CO)cc2c1OC1C2C(C(=O)NCCO)=CC(N(C(=O)CC(C)C)C2CCCCC2)C1O. The average Bonchev–Trinajstić information content (AvgIpc) is 3.28. The van der Waals surface area contributed by atoms with E-state index in [4.69, 9.17) is 9.47 Å². The predicted octanol–water partition coefficient (Wildman–Crippen LogP) is 2.02. The van der Waals surface area contributed by atoms with Gasteiger partial charge in [-0.25, -0.2) is 0 Å². The molecular formula is C28H40N2O7. The Balaban J connectivity index is 1.81. The standard InChI is InChI=1S/C28H40N2O7/c1-16(2)11-23(33)30(18-7-5-4-6-8-18)21-14-20(28(35)29-9-10-31)24-19-12-17(15-32)13-22(36-3)26(19)37-27(24)25(21)34/h12-14,16,18,21,24-25,27,31-32,34H,4-11,15H2,1-3H3,(H,29,35). The maximum Gasteiger partial charge on any atom is 0.247 e. The lowest BCUT2D eigenvalue weighted by Gasteiger charge is -2.45. The predicted molar refractivity (Wildman–Crippen MR) is 137 cm³/mol. The molecule has 3 aliphatic rings. The van der Waals surface area contributed by atoms with E-state index in [1.165, 1.54) is 7.11 Å². The van der Waals surface area contributed by atoms with Gasteiger partial charge in [-0.1, -0.05) is 33.1 Å². The molecule has 0 saturated heterocycles. The molecule has 4 N–H and O–H groups in total. The number of methoxy groups -OCH3 is 1. The van der Waals surface area contributed by atoms with E-state index in [9.17, 15) is 24.9 Å². The molecule has 1 aromatic carbocycles. The summed E-state index contributed by atoms with van der Waals surface area (Å²) in [4.78, 5) is 28.8. The second kappa shape index (κ2) is 11.8. The van der Waals surface area contributed by atoms with Crippen LogP contribution in [0.2, 0.25) is 0 Å². The summed E-state index contributed by atoms with van der Waals surface area (Å²) >= 11 is 0. The molecule has 1 saturated carbocycles. The molecule has 0 bridgehead atoms. The van der Waals surface area contributed by atoms with Gasteiger partial charge in [0, 0.05) is 30.1 Å². The zero-order valence-corrected chi connectivity index (χ0v) is 22.0. The number of amides is 2. The third-order valence-electron chi connectivity index (χ3n) is 7.65. The Hall–Kier alpha value is -2.62. The first-order valence-corrected chi connectivity index (χ1v) is 13.4. The second-order valence-corrected chi connectivity index (χ2v) is 10.7. The van der Waals surface area contributed by atoms with Gasteiger partial charge in [-0.05, 0) is 42.5 Å². The number of carbonyl (C=O) groups is 2. The molecule has 9 heteroatoms. The van der Waals surface area contributed by atoms with Crippen molar-refractivity contribution in [3.63, 3.8) is 0 Å². The molecule has 1 heterocycles. The Morgan fingerprint density at radius 3 is 2.54 bits per heavy atom. The van der Waals surface area contributed by atoms with E-state index >= 15 is 0 Å². The van der Waals surface area contributed by atoms with Crippen LogP contribution in [0.15, 0.2) is 23.8 Å². The summed E-state index contributed by atoms with van der Waals surface area (Å²) in [6.07, 6.45) is 5.04. The van der Waals surface area contributed by atoms with Gasteiger partial charge >= 0.3 is 0 Å². The molecule has 9 nitrogen and oxygen atoms in total. The molecule has 4 rings (SSSR count). The molecule has 0 radical (unpaired) electrons. The Morgan fingerprint density at radius 1 is 1.19 bits per heavy atom. The number of benzene rings is 1. The van der Waals surface area contributed by atoms with Gasteiger partial charge in [-0.2, -0.15) is 0 Å². The summed E-state index contributed by atoms with van der Waals surface area (Å²) in [5, 5.41) is 33.6. The van der Waals surface area contributed by atoms with Gasteiger partial charge in [0.2, 0.25) is 11.8 Å². The minimum absolute atomic E-state index is 0.0199. The van der Waals surface area contributed by atoms with Gasteiger partial charge in [0.25, 0.3) is 0 Å². The second-order valence-electron chi connectivity index (χ2n) is 10.7. The van der Waals surface area contributed by atoms with E-state index in [1.807, 2.05) is 18.7 Å². The number of nitrogens with one attached hydrogen (secondary N) is 1. The quantitative estimate of drug-likeness (QED) is 0.395. The number of nitrogens with zero attached hydrogens (tertiary/aromatic N) is 1. The third kappa shape index (κ3) is 5.49. The molecule has 37 heavy (non-hydrogen) atoms. The van der Waals surface area contributed by atoms with Crippen molar-refractivity contribution in [3.05, 3.63) is 34.9 Å². The van der Waals surface area contributed by atoms with Crippen molar-refractivity contribution < 1.29 is 34.4 Å². The lowest BCUT2D eigenvalue weighted by molar-refractivity contribution is -0.142. The number of hydrogen-bond donors (Lipinski definition) is 4. The van der Waals surface area contributed by atoms with E-state index in [-0.39, 0.29) is 43.5 Å². The fraction of sp³-hybridized carbons (Fsp3) is 0.643. The highest BCUT2D eigenvalue weighted by Crippen LogP contribution is 2.51. The van der Waals surface area contributed by atoms with Crippen molar-refractivity contribution in [2.45, 2.75) is 89.2 Å². The molecule has 4 atom stereocenters. The third-order valence-corrected chi connectivity index (χ3v) is 7.65. The number of ether oxygens (including phenoxy) is 2. The Bertz CT molecular complexity index is 1020. The number of aliphatic hydroxyl groups excluding tert-OH is 3. The van der Waals surface area contributed by atoms with Crippen LogP contribution in [-0.2, 0) is 16.2 Å². The van der Waals surface area contributed by atoms with Crippen LogP contribution >= 0.6 is 0 Å². The highest BCUT2D eigenvalue weighted by Gasteiger charge is 2.52. The van der Waals surface area contributed by atoms with Gasteiger partial charge in [0.05, 0.1) is 32.3 Å². The van der Waals surface area contributed by atoms with Crippen LogP contribution in [0, 0.1) is 5.92 Å². The first-order valence-electron chi connectivity index (χ1n) is 13.4. The van der Waals surface area contributed by atoms with Gasteiger partial charge in [-0.15, -0.1) is 0 Å². The zero-order chi connectivity index (χ0) is 26.7. The number of hydrogen-bond acceptors (Lipinski definition) is 7. The first-order chi connectivity index (χ1) is 17.8. The van der Waals surface area contributed by atoms with E-state index in [0.717, 1.165) is 32.1 Å². The van der Waals surface area contributed by atoms with Crippen LogP contribution < -0.4 is 14.8 Å². The van der Waals surface area contributed by atoms with Crippen LogP contribution in [0.3, 0.4) is 0 Å². The number of aliphatic hydroxyl groups is 3. The van der Waals surface area contributed by atoms with Crippen molar-refractivity contribution in [3.8, 4) is 11.5 Å². The minimum Gasteiger partial charge on any atom is -0.493 e. The van der Waals surface area contributed by atoms with E-state index in [2.05, 4.69) is 5.32 Å². The Morgan fingerprint density at radius 2 is 1.92 bits per heavy atom. The average molecular weight is 517 g/mol. The normalized spacial score (nSPS) is 25.1. The number of rotatable bonds is 9. The Labute approximate surface area is 218 Å². The molecule has 0 aromatic heterocycles. The maximum atomic E-state index is 13.6. The van der Waals surface area contributed by atoms with E-state index in [1.54, 1.807) is 18.2 Å². The summed E-state index contributed by atoms with van der Waals surface area (Å²) in [7, 11) is 1.50. The summed E-state index contributed by atoms with van der Waals surface area (Å²) in [6.45, 7) is 3.63. The zero-order valence-electron chi connectivity index (χ0n) is 22.0. The molecule has 204 valence electrons. The van der Waals surface area contributed by atoms with Crippen molar-refractivity contribution in [2.75, 3.05) is 20.3 Å². The van der Waals surface area contributed by atoms with E-state index < -0.39 is 24.2 Å². The lowest BCUT2D eigenvalue weighted by Crippen LogP contribution is -2.58. The molecule has 1 aliphatic heterocycles. The molecule has 0 spiro atoms. The van der Waals surface area contributed by atoms with Crippen LogP contribution in [-0.4, -0.2) is 76.6 Å². The van der Waals surface area contributed by atoms with Gasteiger partial charge in [0.15, 0.2) is 11.5 Å². The fourth-order valence-electron chi connectivity index (χ4n) is 6.02. The van der Waals surface area contributed by atoms with Crippen LogP contribution in [0.1, 0.15) is 69.4 Å². The van der Waals surface area contributed by atoms with Gasteiger partial charge < -0.3 is 35.0 Å². The van der Waals surface area contributed by atoms with Crippen molar-refractivity contribution in [1.82, 2.24) is 10.2 Å². The lowest BCUT2D eigenvalue weighted by atomic mass is 9.76. The monoisotopic (exact) mass is 516 g/mol. The molecular weight excluding hydrogens is 476 g/mol. The summed E-state index contributed by atoms with van der Waals surface area (Å²) < 4.78 is 11.8. The molecule has 2 aliphatic carbocycles. The first kappa shape index (κ1) is 27.4. The smallest absolute Gasteiger partial charge is 0.247 e. The topological polar surface area (TPSA) is 129 Å². The highest BCUT2D eigenvalue weighted by molar-refractivity contribution is 5.96. The van der Waals surface area contributed by atoms with Crippen molar-refractivity contribution in [2.24, 2.45) is 5.92 Å². The van der Waals surface area contributed by atoms with E-state index in [0.29, 0.717) is 34.6 Å². The Kier molecular flexibility index (Phi) is 8.77. The fourth-order valence-corrected chi connectivity index (χ4v) is 6.02. The van der Waals surface area contributed by atoms with Crippen molar-refractivity contribution in [1.29, 1.82) is 0 Å². The largest absolute Gasteiger partial charge is 0.493 e. The molecule has 1 fully saturated rings. The number of fused-ring (bicyclic) bond motifs is 3. The van der Waals surface area contributed by atoms with Crippen molar-refractivity contribution >= 4 is 11.8 Å².